The van der Waals surface area contributed by atoms with Crippen molar-refractivity contribution in [2.24, 2.45) is 5.92 Å². The van der Waals surface area contributed by atoms with Gasteiger partial charge in [-0.1, -0.05) is 32.0 Å². The van der Waals surface area contributed by atoms with Gasteiger partial charge in [0.05, 0.1) is 37.7 Å². The van der Waals surface area contributed by atoms with E-state index in [0.29, 0.717) is 17.4 Å². The molecule has 148 valence electrons. The van der Waals surface area contributed by atoms with Gasteiger partial charge in [0.2, 0.25) is 5.91 Å². The highest BCUT2D eigenvalue weighted by Gasteiger charge is 2.20. The lowest BCUT2D eigenvalue weighted by Crippen LogP contribution is -2.31. The zero-order valence-electron chi connectivity index (χ0n) is 16.8. The van der Waals surface area contributed by atoms with E-state index >= 15 is 0 Å². The second kappa shape index (κ2) is 8.78. The number of ether oxygens (including phenoxy) is 2. The molecule has 6 heteroatoms. The molecule has 1 amide bonds. The largest absolute Gasteiger partial charge is 0.497 e. The molecule has 0 bridgehead atoms. The lowest BCUT2D eigenvalue weighted by molar-refractivity contribution is -0.121. The molecule has 0 saturated carbocycles. The first-order valence-electron chi connectivity index (χ1n) is 9.45. The summed E-state index contributed by atoms with van der Waals surface area (Å²) in [4.78, 5) is 20.8. The van der Waals surface area contributed by atoms with Crippen molar-refractivity contribution in [3.05, 3.63) is 53.9 Å². The molecule has 0 aliphatic carbocycles. The van der Waals surface area contributed by atoms with Gasteiger partial charge in [0.15, 0.2) is 0 Å². The van der Waals surface area contributed by atoms with Crippen molar-refractivity contribution in [1.82, 2.24) is 15.3 Å². The van der Waals surface area contributed by atoms with E-state index in [0.717, 1.165) is 28.8 Å². The van der Waals surface area contributed by atoms with Gasteiger partial charge in [0.1, 0.15) is 17.3 Å². The van der Waals surface area contributed by atoms with Gasteiger partial charge >= 0.3 is 0 Å². The molecule has 3 aromatic rings. The van der Waals surface area contributed by atoms with Crippen molar-refractivity contribution >= 4 is 16.9 Å². The average molecular weight is 381 g/mol. The summed E-state index contributed by atoms with van der Waals surface area (Å²) >= 11 is 0. The Kier molecular flexibility index (Phi) is 6.19. The van der Waals surface area contributed by atoms with E-state index in [2.05, 4.69) is 29.1 Å². The lowest BCUT2D eigenvalue weighted by atomic mass is 10.0. The van der Waals surface area contributed by atoms with E-state index in [1.165, 1.54) is 0 Å². The van der Waals surface area contributed by atoms with Crippen molar-refractivity contribution in [3.8, 4) is 11.5 Å². The summed E-state index contributed by atoms with van der Waals surface area (Å²) in [5.41, 5.74) is 2.68. The van der Waals surface area contributed by atoms with Crippen LogP contribution in [0.2, 0.25) is 0 Å². The Hall–Kier alpha value is -3.02. The molecule has 2 aromatic carbocycles. The molecular weight excluding hydrogens is 354 g/mol. The van der Waals surface area contributed by atoms with Crippen molar-refractivity contribution in [2.75, 3.05) is 14.2 Å². The van der Waals surface area contributed by atoms with Gasteiger partial charge in [-0.25, -0.2) is 4.98 Å². The number of carbonyl (C=O) groups is 1. The Morgan fingerprint density at radius 3 is 2.61 bits per heavy atom. The highest BCUT2D eigenvalue weighted by atomic mass is 16.5. The number of H-pyrrole nitrogens is 1. The summed E-state index contributed by atoms with van der Waals surface area (Å²) in [6.45, 7) is 4.27. The number of aromatic amines is 1. The van der Waals surface area contributed by atoms with Crippen LogP contribution < -0.4 is 14.8 Å². The van der Waals surface area contributed by atoms with E-state index in [1.54, 1.807) is 20.3 Å². The van der Waals surface area contributed by atoms with Crippen LogP contribution in [0, 0.1) is 5.92 Å². The Labute approximate surface area is 165 Å². The molecule has 0 aliphatic heterocycles. The molecule has 0 fully saturated rings. The van der Waals surface area contributed by atoms with Crippen LogP contribution in [-0.4, -0.2) is 30.1 Å². The van der Waals surface area contributed by atoms with Crippen LogP contribution in [-0.2, 0) is 11.2 Å². The Morgan fingerprint density at radius 1 is 1.14 bits per heavy atom. The van der Waals surface area contributed by atoms with Crippen LogP contribution >= 0.6 is 0 Å². The summed E-state index contributed by atoms with van der Waals surface area (Å²) in [7, 11) is 3.19. The Bertz CT molecular complexity index is 916. The van der Waals surface area contributed by atoms with Crippen LogP contribution in [0.3, 0.4) is 0 Å². The number of hydrogen-bond donors (Lipinski definition) is 2. The van der Waals surface area contributed by atoms with Crippen LogP contribution in [0.15, 0.2) is 42.5 Å². The zero-order chi connectivity index (χ0) is 20.1. The number of amides is 1. The standard InChI is InChI=1S/C22H27N3O3/c1-14(2)11-19(22-24-17-7-5-6-8-18(17)25-22)23-21(26)12-15-9-10-16(27-3)13-20(15)28-4/h5-10,13-14,19H,11-12H2,1-4H3,(H,23,26)(H,24,25). The van der Waals surface area contributed by atoms with Gasteiger partial charge in [0.25, 0.3) is 0 Å². The van der Waals surface area contributed by atoms with E-state index in [4.69, 9.17) is 9.47 Å². The highest BCUT2D eigenvalue weighted by molar-refractivity contribution is 5.80. The molecule has 1 unspecified atom stereocenters. The number of fused-ring (bicyclic) bond motifs is 1. The second-order valence-corrected chi connectivity index (χ2v) is 7.24. The number of hydrogen-bond acceptors (Lipinski definition) is 4. The second-order valence-electron chi connectivity index (χ2n) is 7.24. The molecule has 0 spiro atoms. The molecule has 0 radical (unpaired) electrons. The Balaban J connectivity index is 1.78. The van der Waals surface area contributed by atoms with Gasteiger partial charge in [-0.05, 0) is 30.5 Å². The number of aromatic nitrogens is 2. The Morgan fingerprint density at radius 2 is 1.93 bits per heavy atom. The lowest BCUT2D eigenvalue weighted by Gasteiger charge is -2.19. The van der Waals surface area contributed by atoms with Crippen LogP contribution in [0.25, 0.3) is 11.0 Å². The molecule has 6 nitrogen and oxygen atoms in total. The molecule has 1 aromatic heterocycles. The fraction of sp³-hybridized carbons (Fsp3) is 0.364. The van der Waals surface area contributed by atoms with Crippen molar-refractivity contribution in [2.45, 2.75) is 32.7 Å². The number of benzene rings is 2. The maximum Gasteiger partial charge on any atom is 0.225 e. The molecule has 0 saturated heterocycles. The third kappa shape index (κ3) is 4.63. The first-order chi connectivity index (χ1) is 13.5. The van der Waals surface area contributed by atoms with E-state index in [1.807, 2.05) is 36.4 Å². The monoisotopic (exact) mass is 381 g/mol. The fourth-order valence-corrected chi connectivity index (χ4v) is 3.26. The van der Waals surface area contributed by atoms with Crippen LogP contribution in [0.4, 0.5) is 0 Å². The maximum absolute atomic E-state index is 12.8. The summed E-state index contributed by atoms with van der Waals surface area (Å²) in [6, 6.07) is 13.2. The third-order valence-electron chi connectivity index (χ3n) is 4.63. The summed E-state index contributed by atoms with van der Waals surface area (Å²) < 4.78 is 10.6. The normalized spacial score (nSPS) is 12.2. The fourth-order valence-electron chi connectivity index (χ4n) is 3.26. The summed E-state index contributed by atoms with van der Waals surface area (Å²) in [5.74, 6) is 2.45. The molecule has 28 heavy (non-hydrogen) atoms. The average Bonchev–Trinajstić information content (AvgIpc) is 3.11. The quantitative estimate of drug-likeness (QED) is 0.618. The predicted molar refractivity (Wildman–Crippen MR) is 110 cm³/mol. The van der Waals surface area contributed by atoms with Crippen molar-refractivity contribution < 1.29 is 14.3 Å². The molecule has 3 rings (SSSR count). The number of nitrogens with one attached hydrogen (secondary N) is 2. The summed E-state index contributed by atoms with van der Waals surface area (Å²) in [5, 5.41) is 3.13. The first-order valence-corrected chi connectivity index (χ1v) is 9.45. The summed E-state index contributed by atoms with van der Waals surface area (Å²) in [6.07, 6.45) is 1.02. The predicted octanol–water partition coefficient (Wildman–Crippen LogP) is 4.03. The molecule has 1 atom stereocenters. The van der Waals surface area contributed by atoms with Crippen molar-refractivity contribution in [1.29, 1.82) is 0 Å². The van der Waals surface area contributed by atoms with Gasteiger partial charge in [-0.3, -0.25) is 4.79 Å². The number of methoxy groups -OCH3 is 2. The third-order valence-corrected chi connectivity index (χ3v) is 4.63. The smallest absolute Gasteiger partial charge is 0.225 e. The minimum absolute atomic E-state index is 0.0745. The van der Waals surface area contributed by atoms with Gasteiger partial charge in [0, 0.05) is 11.6 Å². The number of rotatable bonds is 8. The van der Waals surface area contributed by atoms with Gasteiger partial charge in [-0.15, -0.1) is 0 Å². The topological polar surface area (TPSA) is 76.2 Å². The number of imidazole rings is 1. The van der Waals surface area contributed by atoms with E-state index in [9.17, 15) is 4.79 Å². The molecule has 2 N–H and O–H groups in total. The molecule has 0 aliphatic rings. The van der Waals surface area contributed by atoms with Gasteiger partial charge < -0.3 is 19.8 Å². The number of para-hydroxylation sites is 2. The number of carbonyl (C=O) groups excluding carboxylic acids is 1. The maximum atomic E-state index is 12.8. The van der Waals surface area contributed by atoms with E-state index in [-0.39, 0.29) is 18.4 Å². The minimum atomic E-state index is -0.177. The SMILES string of the molecule is COc1ccc(CC(=O)NC(CC(C)C)c2nc3ccccc3[nH]2)c(OC)c1. The van der Waals surface area contributed by atoms with E-state index < -0.39 is 0 Å². The zero-order valence-corrected chi connectivity index (χ0v) is 16.8. The van der Waals surface area contributed by atoms with Crippen molar-refractivity contribution in [3.63, 3.8) is 0 Å². The highest BCUT2D eigenvalue weighted by Crippen LogP contribution is 2.26. The first kappa shape index (κ1) is 19.7. The van der Waals surface area contributed by atoms with Crippen LogP contribution in [0.5, 0.6) is 11.5 Å². The van der Waals surface area contributed by atoms with Crippen LogP contribution in [0.1, 0.15) is 37.7 Å². The minimum Gasteiger partial charge on any atom is -0.497 e. The van der Waals surface area contributed by atoms with Gasteiger partial charge in [-0.2, -0.15) is 0 Å². The molecular formula is C22H27N3O3. The number of nitrogens with zero attached hydrogens (tertiary/aromatic N) is 1. The molecule has 1 heterocycles.